The van der Waals surface area contributed by atoms with Crippen LogP contribution >= 0.6 is 15.9 Å². The van der Waals surface area contributed by atoms with Crippen LogP contribution in [0.3, 0.4) is 0 Å². The van der Waals surface area contributed by atoms with Gasteiger partial charge in [0, 0.05) is 37.9 Å². The van der Waals surface area contributed by atoms with E-state index in [0.717, 1.165) is 18.7 Å². The third-order valence-corrected chi connectivity index (χ3v) is 4.28. The first-order valence-electron chi connectivity index (χ1n) is 7.84. The predicted molar refractivity (Wildman–Crippen MR) is 95.4 cm³/mol. The van der Waals surface area contributed by atoms with Crippen LogP contribution in [0.2, 0.25) is 0 Å². The molecular formula is C16H22BrN3O4. The van der Waals surface area contributed by atoms with Gasteiger partial charge in [-0.05, 0) is 55.3 Å². The van der Waals surface area contributed by atoms with Gasteiger partial charge in [0.05, 0.1) is 9.40 Å². The first-order chi connectivity index (χ1) is 11.2. The van der Waals surface area contributed by atoms with Crippen LogP contribution in [0.15, 0.2) is 22.7 Å². The number of amides is 1. The van der Waals surface area contributed by atoms with E-state index in [0.29, 0.717) is 24.1 Å². The molecule has 0 radical (unpaired) electrons. The lowest BCUT2D eigenvalue weighted by Gasteiger charge is -2.27. The van der Waals surface area contributed by atoms with Gasteiger partial charge in [-0.1, -0.05) is 0 Å². The number of nitro benzene ring substituents is 1. The molecule has 0 N–H and O–H groups in total. The minimum atomic E-state index is -0.508. The molecule has 1 saturated heterocycles. The van der Waals surface area contributed by atoms with E-state index in [1.165, 1.54) is 6.07 Å². The van der Waals surface area contributed by atoms with E-state index in [4.69, 9.17) is 4.74 Å². The van der Waals surface area contributed by atoms with Crippen molar-refractivity contribution in [3.8, 4) is 0 Å². The maximum absolute atomic E-state index is 12.2. The summed E-state index contributed by atoms with van der Waals surface area (Å²) in [5, 5.41) is 10.9. The molecule has 1 aliphatic heterocycles. The quantitative estimate of drug-likeness (QED) is 0.558. The highest BCUT2D eigenvalue weighted by Gasteiger charge is 2.25. The summed E-state index contributed by atoms with van der Waals surface area (Å²) in [5.41, 5.74) is 0.439. The summed E-state index contributed by atoms with van der Waals surface area (Å²) in [6.45, 7) is 8.19. The average Bonchev–Trinajstić information content (AvgIpc) is 2.70. The second-order valence-electron chi connectivity index (χ2n) is 6.70. The van der Waals surface area contributed by atoms with Gasteiger partial charge in [-0.2, -0.15) is 0 Å². The number of carbonyl (C=O) groups excluding carboxylic acids is 1. The van der Waals surface area contributed by atoms with E-state index >= 15 is 0 Å². The maximum Gasteiger partial charge on any atom is 0.410 e. The van der Waals surface area contributed by atoms with Gasteiger partial charge in [0.25, 0.3) is 5.69 Å². The molecule has 2 rings (SSSR count). The summed E-state index contributed by atoms with van der Waals surface area (Å²) >= 11 is 3.25. The highest BCUT2D eigenvalue weighted by atomic mass is 79.9. The fourth-order valence-corrected chi connectivity index (χ4v) is 3.04. The number of nitro groups is 1. The molecule has 1 aromatic carbocycles. The lowest BCUT2D eigenvalue weighted by Crippen LogP contribution is -2.39. The molecule has 0 saturated carbocycles. The van der Waals surface area contributed by atoms with Crippen LogP contribution in [-0.2, 0) is 4.74 Å². The van der Waals surface area contributed by atoms with Gasteiger partial charge in [-0.15, -0.1) is 0 Å². The zero-order valence-corrected chi connectivity index (χ0v) is 15.7. The molecule has 0 unspecified atom stereocenters. The van der Waals surface area contributed by atoms with E-state index in [2.05, 4.69) is 20.8 Å². The summed E-state index contributed by atoms with van der Waals surface area (Å²) in [6, 6.07) is 4.99. The Labute approximate surface area is 149 Å². The molecule has 1 aromatic rings. The predicted octanol–water partition coefficient (Wildman–Crippen LogP) is 3.80. The van der Waals surface area contributed by atoms with Gasteiger partial charge in [0.15, 0.2) is 0 Å². The summed E-state index contributed by atoms with van der Waals surface area (Å²) in [5.74, 6) is 0. The van der Waals surface area contributed by atoms with Crippen LogP contribution in [0.25, 0.3) is 0 Å². The third kappa shape index (κ3) is 4.83. The number of halogens is 1. The van der Waals surface area contributed by atoms with Gasteiger partial charge in [0.2, 0.25) is 0 Å². The Morgan fingerprint density at radius 2 is 1.96 bits per heavy atom. The number of hydrogen-bond acceptors (Lipinski definition) is 5. The SMILES string of the molecule is CC(C)(C)OC(=O)N1CCCN(c2ccc([N+](=O)[O-])c(Br)c2)CC1. The van der Waals surface area contributed by atoms with Gasteiger partial charge in [-0.25, -0.2) is 4.79 Å². The van der Waals surface area contributed by atoms with Crippen LogP contribution in [0.1, 0.15) is 27.2 Å². The van der Waals surface area contributed by atoms with E-state index in [1.807, 2.05) is 20.8 Å². The van der Waals surface area contributed by atoms with Gasteiger partial charge < -0.3 is 14.5 Å². The monoisotopic (exact) mass is 399 g/mol. The molecule has 0 bridgehead atoms. The van der Waals surface area contributed by atoms with Crippen molar-refractivity contribution in [1.82, 2.24) is 4.90 Å². The molecule has 24 heavy (non-hydrogen) atoms. The van der Waals surface area contributed by atoms with E-state index in [9.17, 15) is 14.9 Å². The van der Waals surface area contributed by atoms with Gasteiger partial charge in [0.1, 0.15) is 5.60 Å². The first kappa shape index (κ1) is 18.5. The zero-order chi connectivity index (χ0) is 17.9. The molecule has 1 fully saturated rings. The van der Waals surface area contributed by atoms with Crippen LogP contribution in [0.4, 0.5) is 16.2 Å². The second-order valence-corrected chi connectivity index (χ2v) is 7.56. The number of rotatable bonds is 2. The first-order valence-corrected chi connectivity index (χ1v) is 8.63. The number of nitrogens with zero attached hydrogens (tertiary/aromatic N) is 3. The topological polar surface area (TPSA) is 75.9 Å². The molecular weight excluding hydrogens is 378 g/mol. The molecule has 0 aromatic heterocycles. The van der Waals surface area contributed by atoms with Gasteiger partial charge in [-0.3, -0.25) is 10.1 Å². The molecule has 132 valence electrons. The minimum Gasteiger partial charge on any atom is -0.444 e. The largest absolute Gasteiger partial charge is 0.444 e. The minimum absolute atomic E-state index is 0.0453. The number of hydrogen-bond donors (Lipinski definition) is 0. The number of anilines is 1. The maximum atomic E-state index is 12.2. The molecule has 8 heteroatoms. The number of carbonyl (C=O) groups is 1. The van der Waals surface area contributed by atoms with Crippen molar-refractivity contribution in [3.63, 3.8) is 0 Å². The number of ether oxygens (including phenoxy) is 1. The van der Waals surface area contributed by atoms with Crippen LogP contribution in [0.5, 0.6) is 0 Å². The Hall–Kier alpha value is -1.83. The molecule has 1 heterocycles. The number of benzene rings is 1. The average molecular weight is 400 g/mol. The highest BCUT2D eigenvalue weighted by Crippen LogP contribution is 2.30. The Balaban J connectivity index is 2.04. The van der Waals surface area contributed by atoms with E-state index < -0.39 is 10.5 Å². The fourth-order valence-electron chi connectivity index (χ4n) is 2.53. The van der Waals surface area contributed by atoms with Crippen molar-refractivity contribution in [1.29, 1.82) is 0 Å². The van der Waals surface area contributed by atoms with Crippen molar-refractivity contribution in [2.75, 3.05) is 31.1 Å². The highest BCUT2D eigenvalue weighted by molar-refractivity contribution is 9.10. The van der Waals surface area contributed by atoms with Crippen LogP contribution < -0.4 is 4.90 Å². The Bertz CT molecular complexity index is 630. The Morgan fingerprint density at radius 1 is 1.25 bits per heavy atom. The van der Waals surface area contributed by atoms with Crippen molar-refractivity contribution in [2.45, 2.75) is 32.8 Å². The molecule has 1 aliphatic rings. The standard InChI is InChI=1S/C16H22BrN3O4/c1-16(2,3)24-15(21)19-8-4-7-18(9-10-19)12-5-6-14(20(22)23)13(17)11-12/h5-6,11H,4,7-10H2,1-3H3. The smallest absolute Gasteiger partial charge is 0.410 e. The lowest BCUT2D eigenvalue weighted by atomic mass is 10.2. The summed E-state index contributed by atoms with van der Waals surface area (Å²) in [6.07, 6.45) is 0.516. The van der Waals surface area contributed by atoms with Crippen LogP contribution in [-0.4, -0.2) is 47.7 Å². The van der Waals surface area contributed by atoms with Crippen LogP contribution in [0, 0.1) is 10.1 Å². The molecule has 0 aliphatic carbocycles. The Kier molecular flexibility index (Phi) is 5.69. The zero-order valence-electron chi connectivity index (χ0n) is 14.1. The normalized spacial score (nSPS) is 15.8. The molecule has 1 amide bonds. The summed E-state index contributed by atoms with van der Waals surface area (Å²) in [7, 11) is 0. The van der Waals surface area contributed by atoms with Crippen molar-refractivity contribution < 1.29 is 14.5 Å². The summed E-state index contributed by atoms with van der Waals surface area (Å²) < 4.78 is 5.88. The Morgan fingerprint density at radius 3 is 2.54 bits per heavy atom. The van der Waals surface area contributed by atoms with Crippen molar-refractivity contribution in [2.24, 2.45) is 0 Å². The van der Waals surface area contributed by atoms with Crippen molar-refractivity contribution >= 4 is 33.4 Å². The second kappa shape index (κ2) is 7.38. The summed E-state index contributed by atoms with van der Waals surface area (Å²) in [4.78, 5) is 26.5. The lowest BCUT2D eigenvalue weighted by molar-refractivity contribution is -0.385. The molecule has 0 atom stereocenters. The third-order valence-electron chi connectivity index (χ3n) is 3.64. The molecule has 0 spiro atoms. The van der Waals surface area contributed by atoms with Gasteiger partial charge >= 0.3 is 6.09 Å². The molecule has 7 nitrogen and oxygen atoms in total. The fraction of sp³-hybridized carbons (Fsp3) is 0.562. The van der Waals surface area contributed by atoms with Crippen molar-refractivity contribution in [3.05, 3.63) is 32.8 Å². The van der Waals surface area contributed by atoms with E-state index in [-0.39, 0.29) is 11.8 Å². The van der Waals surface area contributed by atoms with E-state index in [1.54, 1.807) is 17.0 Å².